The molecule has 0 aliphatic rings. The van der Waals surface area contributed by atoms with Crippen molar-refractivity contribution >= 4 is 10.9 Å². The summed E-state index contributed by atoms with van der Waals surface area (Å²) in [6.07, 6.45) is 6.12. The molecule has 3 rings (SSSR count). The lowest BCUT2D eigenvalue weighted by Gasteiger charge is -1.97. The van der Waals surface area contributed by atoms with E-state index in [4.69, 9.17) is 10.2 Å². The molecule has 0 bridgehead atoms. The quantitative estimate of drug-likeness (QED) is 0.745. The van der Waals surface area contributed by atoms with Crippen molar-refractivity contribution in [3.05, 3.63) is 48.5 Å². The molecule has 0 unspecified atom stereocenters. The van der Waals surface area contributed by atoms with Crippen LogP contribution in [-0.2, 0) is 6.42 Å². The van der Waals surface area contributed by atoms with Gasteiger partial charge >= 0.3 is 6.01 Å². The van der Waals surface area contributed by atoms with Crippen molar-refractivity contribution in [3.63, 3.8) is 0 Å². The highest BCUT2D eigenvalue weighted by Crippen LogP contribution is 2.24. The van der Waals surface area contributed by atoms with Crippen molar-refractivity contribution in [2.45, 2.75) is 6.42 Å². The number of aromatic nitrogens is 2. The molecular formula is C13H13N3O. The van der Waals surface area contributed by atoms with Crippen LogP contribution < -0.4 is 5.73 Å². The zero-order chi connectivity index (χ0) is 11.7. The van der Waals surface area contributed by atoms with E-state index in [1.165, 1.54) is 10.9 Å². The number of hydrogen-bond acceptors (Lipinski definition) is 3. The first kappa shape index (κ1) is 10.1. The molecule has 1 aromatic carbocycles. The van der Waals surface area contributed by atoms with Gasteiger partial charge in [0.2, 0.25) is 0 Å². The highest BCUT2D eigenvalue weighted by molar-refractivity contribution is 5.85. The third kappa shape index (κ3) is 1.62. The molecule has 2 heterocycles. The highest BCUT2D eigenvalue weighted by atomic mass is 16.4. The van der Waals surface area contributed by atoms with Crippen molar-refractivity contribution < 1.29 is 4.42 Å². The van der Waals surface area contributed by atoms with E-state index in [9.17, 15) is 0 Å². The maximum Gasteiger partial charge on any atom is 0.306 e. The second-order valence-corrected chi connectivity index (χ2v) is 3.89. The molecule has 0 amide bonds. The van der Waals surface area contributed by atoms with Crippen LogP contribution >= 0.6 is 0 Å². The zero-order valence-electron chi connectivity index (χ0n) is 9.34. The smallest absolute Gasteiger partial charge is 0.306 e. The van der Waals surface area contributed by atoms with Crippen LogP contribution in [0.15, 0.2) is 47.3 Å². The topological polar surface area (TPSA) is 57.0 Å². The number of nitrogens with zero attached hydrogens (tertiary/aromatic N) is 2. The van der Waals surface area contributed by atoms with Gasteiger partial charge in [0.25, 0.3) is 0 Å². The summed E-state index contributed by atoms with van der Waals surface area (Å²) in [5.74, 6) is 0. The fourth-order valence-electron chi connectivity index (χ4n) is 2.10. The van der Waals surface area contributed by atoms with Gasteiger partial charge in [0, 0.05) is 11.6 Å². The molecule has 0 saturated carbocycles. The normalized spacial score (nSPS) is 11.1. The lowest BCUT2D eigenvalue weighted by atomic mass is 10.1. The minimum atomic E-state index is 0.587. The predicted molar refractivity (Wildman–Crippen MR) is 66.1 cm³/mol. The summed E-state index contributed by atoms with van der Waals surface area (Å²) in [6, 6.07) is 8.78. The fourth-order valence-corrected chi connectivity index (χ4v) is 2.10. The molecule has 2 aromatic heterocycles. The molecule has 0 aliphatic carbocycles. The Morgan fingerprint density at radius 3 is 2.94 bits per heavy atom. The van der Waals surface area contributed by atoms with E-state index in [2.05, 4.69) is 17.1 Å². The Kier molecular flexibility index (Phi) is 2.42. The molecule has 0 radical (unpaired) electrons. The average molecular weight is 227 g/mol. The van der Waals surface area contributed by atoms with Crippen LogP contribution in [-0.4, -0.2) is 16.1 Å². The van der Waals surface area contributed by atoms with Gasteiger partial charge in [0.1, 0.15) is 6.26 Å². The third-order valence-corrected chi connectivity index (χ3v) is 2.83. The fraction of sp³-hybridized carbons (Fsp3) is 0.154. The van der Waals surface area contributed by atoms with Crippen molar-refractivity contribution in [2.75, 3.05) is 6.54 Å². The average Bonchev–Trinajstić information content (AvgIpc) is 2.97. The summed E-state index contributed by atoms with van der Waals surface area (Å²) < 4.78 is 7.30. The van der Waals surface area contributed by atoms with E-state index in [1.54, 1.807) is 12.5 Å². The standard InChI is InChI=1S/C13H13N3O/c14-6-5-10-9-16(13-15-7-8-17-13)12-4-2-1-3-11(10)12/h1-4,7-9H,5-6,14H2. The Bertz CT molecular complexity index is 625. The SMILES string of the molecule is NCCc1cn(-c2ncco2)c2ccccc12. The van der Waals surface area contributed by atoms with E-state index in [0.29, 0.717) is 12.6 Å². The molecule has 86 valence electrons. The molecule has 0 atom stereocenters. The zero-order valence-corrected chi connectivity index (χ0v) is 9.34. The Morgan fingerprint density at radius 2 is 2.18 bits per heavy atom. The van der Waals surface area contributed by atoms with Gasteiger partial charge in [0.05, 0.1) is 11.7 Å². The van der Waals surface area contributed by atoms with Crippen molar-refractivity contribution in [1.29, 1.82) is 0 Å². The second-order valence-electron chi connectivity index (χ2n) is 3.89. The monoisotopic (exact) mass is 227 g/mol. The molecule has 0 spiro atoms. The number of rotatable bonds is 3. The summed E-state index contributed by atoms with van der Waals surface area (Å²) >= 11 is 0. The first-order chi connectivity index (χ1) is 8.40. The minimum Gasteiger partial charge on any atom is -0.432 e. The van der Waals surface area contributed by atoms with E-state index in [1.807, 2.05) is 22.9 Å². The van der Waals surface area contributed by atoms with Gasteiger partial charge in [-0.05, 0) is 24.6 Å². The first-order valence-electron chi connectivity index (χ1n) is 5.59. The van der Waals surface area contributed by atoms with Crippen LogP contribution in [0.25, 0.3) is 16.9 Å². The van der Waals surface area contributed by atoms with Gasteiger partial charge in [-0.3, -0.25) is 4.57 Å². The lowest BCUT2D eigenvalue weighted by Crippen LogP contribution is -2.02. The Balaban J connectivity index is 2.25. The Morgan fingerprint density at radius 1 is 1.29 bits per heavy atom. The highest BCUT2D eigenvalue weighted by Gasteiger charge is 2.10. The number of fused-ring (bicyclic) bond motifs is 1. The lowest BCUT2D eigenvalue weighted by molar-refractivity contribution is 0.531. The van der Waals surface area contributed by atoms with Gasteiger partial charge in [0.15, 0.2) is 0 Å². The molecular weight excluding hydrogens is 214 g/mol. The van der Waals surface area contributed by atoms with Crippen LogP contribution in [0.5, 0.6) is 0 Å². The summed E-state index contributed by atoms with van der Waals surface area (Å²) in [5, 5.41) is 1.20. The predicted octanol–water partition coefficient (Wildman–Crippen LogP) is 2.12. The largest absolute Gasteiger partial charge is 0.432 e. The maximum absolute atomic E-state index is 5.63. The summed E-state index contributed by atoms with van der Waals surface area (Å²) in [6.45, 7) is 0.638. The van der Waals surface area contributed by atoms with Crippen LogP contribution in [0.2, 0.25) is 0 Å². The summed E-state index contributed by atoms with van der Waals surface area (Å²) in [5.41, 5.74) is 7.95. The molecule has 2 N–H and O–H groups in total. The van der Waals surface area contributed by atoms with E-state index in [0.717, 1.165) is 11.9 Å². The molecule has 0 saturated heterocycles. The molecule has 0 aliphatic heterocycles. The minimum absolute atomic E-state index is 0.587. The van der Waals surface area contributed by atoms with E-state index < -0.39 is 0 Å². The van der Waals surface area contributed by atoms with E-state index >= 15 is 0 Å². The third-order valence-electron chi connectivity index (χ3n) is 2.83. The van der Waals surface area contributed by atoms with Gasteiger partial charge in [-0.1, -0.05) is 18.2 Å². The maximum atomic E-state index is 5.63. The van der Waals surface area contributed by atoms with Crippen molar-refractivity contribution in [1.82, 2.24) is 9.55 Å². The van der Waals surface area contributed by atoms with Gasteiger partial charge < -0.3 is 10.2 Å². The molecule has 17 heavy (non-hydrogen) atoms. The van der Waals surface area contributed by atoms with Gasteiger partial charge in [-0.2, -0.15) is 0 Å². The van der Waals surface area contributed by atoms with Gasteiger partial charge in [-0.25, -0.2) is 4.98 Å². The van der Waals surface area contributed by atoms with Crippen molar-refractivity contribution in [3.8, 4) is 6.01 Å². The first-order valence-corrected chi connectivity index (χ1v) is 5.59. The molecule has 4 heteroatoms. The number of nitrogens with two attached hydrogens (primary N) is 1. The van der Waals surface area contributed by atoms with Crippen LogP contribution in [0.1, 0.15) is 5.56 Å². The summed E-state index contributed by atoms with van der Waals surface area (Å²) in [4.78, 5) is 4.18. The number of oxazole rings is 1. The number of benzene rings is 1. The second kappa shape index (κ2) is 4.07. The number of para-hydroxylation sites is 1. The van der Waals surface area contributed by atoms with Crippen LogP contribution in [0.4, 0.5) is 0 Å². The number of hydrogen-bond donors (Lipinski definition) is 1. The molecule has 4 nitrogen and oxygen atoms in total. The van der Waals surface area contributed by atoms with Crippen LogP contribution in [0.3, 0.4) is 0 Å². The molecule has 0 fully saturated rings. The van der Waals surface area contributed by atoms with Crippen LogP contribution in [0, 0.1) is 0 Å². The molecule has 3 aromatic rings. The summed E-state index contributed by atoms with van der Waals surface area (Å²) in [7, 11) is 0. The van der Waals surface area contributed by atoms with Gasteiger partial charge in [-0.15, -0.1) is 0 Å². The van der Waals surface area contributed by atoms with Crippen molar-refractivity contribution in [2.24, 2.45) is 5.73 Å². The van der Waals surface area contributed by atoms with E-state index in [-0.39, 0.29) is 0 Å². The Hall–Kier alpha value is -2.07. The Labute approximate surface area is 98.7 Å².